The molecule has 17 heavy (non-hydrogen) atoms. The molecule has 98 valence electrons. The fourth-order valence-electron chi connectivity index (χ4n) is 3.48. The van der Waals surface area contributed by atoms with Crippen LogP contribution in [-0.2, 0) is 4.79 Å². The lowest BCUT2D eigenvalue weighted by atomic mass is 9.81. The predicted molar refractivity (Wildman–Crippen MR) is 69.4 cm³/mol. The number of hydrogen-bond donors (Lipinski definition) is 2. The highest BCUT2D eigenvalue weighted by atomic mass is 16.1. The smallest absolute Gasteiger partial charge is 0.223 e. The van der Waals surface area contributed by atoms with Gasteiger partial charge in [0.25, 0.3) is 0 Å². The van der Waals surface area contributed by atoms with Crippen LogP contribution in [0.25, 0.3) is 0 Å². The normalized spacial score (nSPS) is 36.1. The van der Waals surface area contributed by atoms with Crippen molar-refractivity contribution in [2.45, 2.75) is 58.4 Å². The van der Waals surface area contributed by atoms with Gasteiger partial charge in [-0.2, -0.15) is 0 Å². The topological polar surface area (TPSA) is 55.1 Å². The molecule has 2 saturated carbocycles. The summed E-state index contributed by atoms with van der Waals surface area (Å²) in [7, 11) is 0. The third-order valence-electron chi connectivity index (χ3n) is 4.72. The molecular formula is C14H26N2O. The van der Waals surface area contributed by atoms with Crippen LogP contribution in [0.2, 0.25) is 0 Å². The Labute approximate surface area is 105 Å². The predicted octanol–water partition coefficient (Wildman–Crippen LogP) is 2.06. The third kappa shape index (κ3) is 3.01. The number of carbonyl (C=O) groups is 1. The summed E-state index contributed by atoms with van der Waals surface area (Å²) in [6, 6.07) is 0.361. The zero-order valence-corrected chi connectivity index (χ0v) is 11.2. The van der Waals surface area contributed by atoms with Gasteiger partial charge in [0, 0.05) is 18.5 Å². The zero-order valence-electron chi connectivity index (χ0n) is 11.2. The minimum Gasteiger partial charge on any atom is -0.356 e. The van der Waals surface area contributed by atoms with Gasteiger partial charge in [-0.05, 0) is 43.4 Å². The molecule has 3 unspecified atom stereocenters. The average molecular weight is 238 g/mol. The molecule has 2 fully saturated rings. The summed E-state index contributed by atoms with van der Waals surface area (Å²) < 4.78 is 0. The molecule has 0 aromatic rings. The molecule has 2 rings (SSSR count). The Hall–Kier alpha value is -0.570. The van der Waals surface area contributed by atoms with Gasteiger partial charge in [-0.25, -0.2) is 0 Å². The van der Waals surface area contributed by atoms with E-state index in [2.05, 4.69) is 19.2 Å². The molecule has 0 aromatic heterocycles. The molecule has 0 aromatic carbocycles. The van der Waals surface area contributed by atoms with E-state index in [0.29, 0.717) is 12.0 Å². The second-order valence-corrected chi connectivity index (χ2v) is 6.62. The molecule has 3 atom stereocenters. The molecule has 0 saturated heterocycles. The Balaban J connectivity index is 1.77. The van der Waals surface area contributed by atoms with Crippen molar-refractivity contribution in [2.24, 2.45) is 23.0 Å². The Kier molecular flexibility index (Phi) is 3.76. The Morgan fingerprint density at radius 2 is 2.12 bits per heavy atom. The summed E-state index contributed by atoms with van der Waals surface area (Å²) >= 11 is 0. The molecule has 0 radical (unpaired) electrons. The van der Waals surface area contributed by atoms with Gasteiger partial charge in [-0.3, -0.25) is 4.79 Å². The standard InChI is InChI=1S/C14H26N2O/c1-14(2)7-3-4-12(14)13(17)16-9-10-5-6-11(15)8-10/h10-12H,3-9,15H2,1-2H3,(H,16,17). The number of amides is 1. The van der Waals surface area contributed by atoms with Crippen LogP contribution >= 0.6 is 0 Å². The quantitative estimate of drug-likeness (QED) is 0.790. The molecule has 0 aliphatic heterocycles. The number of nitrogens with one attached hydrogen (secondary N) is 1. The molecule has 1 amide bonds. The highest BCUT2D eigenvalue weighted by Gasteiger charge is 2.39. The van der Waals surface area contributed by atoms with Gasteiger partial charge in [0.1, 0.15) is 0 Å². The lowest BCUT2D eigenvalue weighted by Crippen LogP contribution is -2.38. The number of nitrogens with two attached hydrogens (primary N) is 1. The first-order chi connectivity index (χ1) is 7.99. The van der Waals surface area contributed by atoms with E-state index in [0.717, 1.165) is 25.8 Å². The first kappa shape index (κ1) is 12.9. The van der Waals surface area contributed by atoms with Gasteiger partial charge in [0.2, 0.25) is 5.91 Å². The second-order valence-electron chi connectivity index (χ2n) is 6.62. The highest BCUT2D eigenvalue weighted by molar-refractivity contribution is 5.79. The van der Waals surface area contributed by atoms with E-state index in [1.165, 1.54) is 19.3 Å². The van der Waals surface area contributed by atoms with Crippen molar-refractivity contribution >= 4 is 5.91 Å². The van der Waals surface area contributed by atoms with Gasteiger partial charge in [0.05, 0.1) is 0 Å². The van der Waals surface area contributed by atoms with Gasteiger partial charge in [0.15, 0.2) is 0 Å². The highest BCUT2D eigenvalue weighted by Crippen LogP contribution is 2.42. The minimum atomic E-state index is 0.191. The summed E-state index contributed by atoms with van der Waals surface area (Å²) in [6.45, 7) is 5.27. The van der Waals surface area contributed by atoms with E-state index in [4.69, 9.17) is 5.73 Å². The maximum atomic E-state index is 12.2. The van der Waals surface area contributed by atoms with E-state index in [1.807, 2.05) is 0 Å². The van der Waals surface area contributed by atoms with E-state index in [1.54, 1.807) is 0 Å². The van der Waals surface area contributed by atoms with Gasteiger partial charge in [-0.15, -0.1) is 0 Å². The summed E-state index contributed by atoms with van der Waals surface area (Å²) in [6.07, 6.45) is 6.81. The first-order valence-electron chi connectivity index (χ1n) is 7.02. The van der Waals surface area contributed by atoms with Crippen molar-refractivity contribution in [3.05, 3.63) is 0 Å². The number of carbonyl (C=O) groups excluding carboxylic acids is 1. The largest absolute Gasteiger partial charge is 0.356 e. The molecule has 3 nitrogen and oxygen atoms in total. The van der Waals surface area contributed by atoms with Crippen LogP contribution < -0.4 is 11.1 Å². The lowest BCUT2D eigenvalue weighted by molar-refractivity contribution is -0.127. The summed E-state index contributed by atoms with van der Waals surface area (Å²) in [5.41, 5.74) is 6.07. The van der Waals surface area contributed by atoms with Gasteiger partial charge < -0.3 is 11.1 Å². The summed E-state index contributed by atoms with van der Waals surface area (Å²) in [5.74, 6) is 1.10. The van der Waals surface area contributed by atoms with Crippen molar-refractivity contribution in [3.8, 4) is 0 Å². The van der Waals surface area contributed by atoms with E-state index < -0.39 is 0 Å². The lowest BCUT2D eigenvalue weighted by Gasteiger charge is -2.26. The molecule has 3 N–H and O–H groups in total. The minimum absolute atomic E-state index is 0.191. The molecule has 0 bridgehead atoms. The first-order valence-corrected chi connectivity index (χ1v) is 7.02. The number of hydrogen-bond acceptors (Lipinski definition) is 2. The monoisotopic (exact) mass is 238 g/mol. The Morgan fingerprint density at radius 1 is 1.35 bits per heavy atom. The Bertz CT molecular complexity index is 288. The fraction of sp³-hybridized carbons (Fsp3) is 0.929. The second kappa shape index (κ2) is 4.97. The van der Waals surface area contributed by atoms with Crippen molar-refractivity contribution in [3.63, 3.8) is 0 Å². The molecule has 3 heteroatoms. The molecule has 2 aliphatic carbocycles. The third-order valence-corrected chi connectivity index (χ3v) is 4.72. The SMILES string of the molecule is CC1(C)CCCC1C(=O)NCC1CCC(N)C1. The molecule has 0 heterocycles. The molecular weight excluding hydrogens is 212 g/mol. The van der Waals surface area contributed by atoms with Crippen molar-refractivity contribution in [2.75, 3.05) is 6.54 Å². The molecule has 2 aliphatic rings. The van der Waals surface area contributed by atoms with Crippen LogP contribution in [0.1, 0.15) is 52.4 Å². The van der Waals surface area contributed by atoms with E-state index in [-0.39, 0.29) is 17.2 Å². The van der Waals surface area contributed by atoms with Crippen LogP contribution in [0.5, 0.6) is 0 Å². The number of rotatable bonds is 3. The van der Waals surface area contributed by atoms with Gasteiger partial charge >= 0.3 is 0 Å². The summed E-state index contributed by atoms with van der Waals surface area (Å²) in [4.78, 5) is 12.2. The Morgan fingerprint density at radius 3 is 2.65 bits per heavy atom. The fourth-order valence-corrected chi connectivity index (χ4v) is 3.48. The van der Waals surface area contributed by atoms with Crippen LogP contribution in [-0.4, -0.2) is 18.5 Å². The maximum Gasteiger partial charge on any atom is 0.223 e. The maximum absolute atomic E-state index is 12.2. The zero-order chi connectivity index (χ0) is 12.5. The van der Waals surface area contributed by atoms with Crippen molar-refractivity contribution in [1.82, 2.24) is 5.32 Å². The van der Waals surface area contributed by atoms with Crippen LogP contribution in [0, 0.1) is 17.3 Å². The van der Waals surface area contributed by atoms with Crippen molar-refractivity contribution in [1.29, 1.82) is 0 Å². The van der Waals surface area contributed by atoms with E-state index >= 15 is 0 Å². The molecule has 0 spiro atoms. The van der Waals surface area contributed by atoms with Crippen molar-refractivity contribution < 1.29 is 4.79 Å². The van der Waals surface area contributed by atoms with Crippen LogP contribution in [0.15, 0.2) is 0 Å². The summed E-state index contributed by atoms with van der Waals surface area (Å²) in [5, 5.41) is 3.15. The van der Waals surface area contributed by atoms with Crippen LogP contribution in [0.3, 0.4) is 0 Å². The van der Waals surface area contributed by atoms with Crippen LogP contribution in [0.4, 0.5) is 0 Å². The van der Waals surface area contributed by atoms with E-state index in [9.17, 15) is 4.79 Å². The van der Waals surface area contributed by atoms with Gasteiger partial charge in [-0.1, -0.05) is 20.3 Å². The average Bonchev–Trinajstić information content (AvgIpc) is 2.81.